The number of nitrogens with zero attached hydrogens (tertiary/aromatic N) is 2. The summed E-state index contributed by atoms with van der Waals surface area (Å²) in [6.45, 7) is 3.54. The Balaban J connectivity index is 1.63. The lowest BCUT2D eigenvalue weighted by molar-refractivity contribution is -0.137. The smallest absolute Gasteiger partial charge is 0.417 e. The summed E-state index contributed by atoms with van der Waals surface area (Å²) in [5.41, 5.74) is 0.274. The number of H-pyrrole nitrogens is 1. The summed E-state index contributed by atoms with van der Waals surface area (Å²) >= 11 is 0. The van der Waals surface area contributed by atoms with Crippen LogP contribution < -0.4 is 0 Å². The van der Waals surface area contributed by atoms with Crippen LogP contribution in [0.1, 0.15) is 27.0 Å². The minimum Gasteiger partial charge on any atom is -0.505 e. The van der Waals surface area contributed by atoms with Crippen molar-refractivity contribution in [3.05, 3.63) is 94.8 Å². The number of rotatable bonds is 5. The molecule has 0 spiro atoms. The third kappa shape index (κ3) is 5.09. The molecule has 0 aliphatic carbocycles. The maximum absolute atomic E-state index is 14.1. The molecule has 0 amide bonds. The Hall–Kier alpha value is -5.19. The van der Waals surface area contributed by atoms with E-state index in [-0.39, 0.29) is 39.0 Å². The molecule has 1 heterocycles. The Morgan fingerprint density at radius 2 is 1.59 bits per heavy atom. The van der Waals surface area contributed by atoms with Crippen LogP contribution in [0.2, 0.25) is 0 Å². The molecule has 5 rings (SSSR count). The highest BCUT2D eigenvalue weighted by atomic mass is 19.4. The highest BCUT2D eigenvalue weighted by Gasteiger charge is 2.35. The van der Waals surface area contributed by atoms with E-state index in [0.717, 1.165) is 29.3 Å². The number of carboxylic acids is 1. The van der Waals surface area contributed by atoms with Crippen molar-refractivity contribution in [2.75, 3.05) is 0 Å². The minimum absolute atomic E-state index is 0.00163. The summed E-state index contributed by atoms with van der Waals surface area (Å²) in [7, 11) is 0. The third-order valence-corrected chi connectivity index (χ3v) is 6.52. The Kier molecular flexibility index (Phi) is 6.74. The van der Waals surface area contributed by atoms with E-state index in [4.69, 9.17) is 0 Å². The second-order valence-electron chi connectivity index (χ2n) is 9.48. The molecule has 0 fully saturated rings. The number of aromatic nitrogens is 1. The van der Waals surface area contributed by atoms with Gasteiger partial charge >= 0.3 is 12.1 Å². The standard InChI is InChI=1S/C30H21F4N3O4/c1-14-10-15(2)12-17(11-14)24-21(30(32,33)34)8-7-19-25(24)35-28(39)26(19)37-36-23-5-3-4-18(27(23)38)16-6-9-22(31)20(13-16)29(40)41/h3-13,35,38-39H,1-2H3,(H,40,41). The van der Waals surface area contributed by atoms with Crippen LogP contribution in [0.3, 0.4) is 0 Å². The maximum Gasteiger partial charge on any atom is 0.417 e. The number of alkyl halides is 3. The van der Waals surface area contributed by atoms with Crippen LogP contribution in [0.15, 0.2) is 77.0 Å². The second kappa shape index (κ2) is 10.1. The minimum atomic E-state index is -4.68. The van der Waals surface area contributed by atoms with E-state index >= 15 is 0 Å². The molecule has 0 saturated carbocycles. The lowest BCUT2D eigenvalue weighted by Crippen LogP contribution is -2.07. The molecule has 0 atom stereocenters. The summed E-state index contributed by atoms with van der Waals surface area (Å²) in [4.78, 5) is 13.9. The SMILES string of the molecule is Cc1cc(C)cc(-c2c(C(F)(F)F)ccc3c(N=Nc4cccc(-c5ccc(F)c(C(=O)O)c5)c4O)c(O)[nH]c23)c1. The van der Waals surface area contributed by atoms with Crippen molar-refractivity contribution < 1.29 is 37.7 Å². The van der Waals surface area contributed by atoms with Gasteiger partial charge in [0.15, 0.2) is 11.4 Å². The van der Waals surface area contributed by atoms with Gasteiger partial charge in [-0.3, -0.25) is 0 Å². The number of azo groups is 1. The van der Waals surface area contributed by atoms with Gasteiger partial charge in [-0.1, -0.05) is 47.5 Å². The highest BCUT2D eigenvalue weighted by molar-refractivity contribution is 6.04. The lowest BCUT2D eigenvalue weighted by atomic mass is 9.94. The van der Waals surface area contributed by atoms with Crippen molar-refractivity contribution in [2.24, 2.45) is 10.2 Å². The molecule has 0 radical (unpaired) electrons. The average molecular weight is 564 g/mol. The van der Waals surface area contributed by atoms with Crippen LogP contribution in [-0.4, -0.2) is 26.3 Å². The largest absolute Gasteiger partial charge is 0.505 e. The van der Waals surface area contributed by atoms with E-state index in [2.05, 4.69) is 15.2 Å². The molecule has 1 aromatic heterocycles. The molecule has 0 saturated heterocycles. The number of halogens is 4. The van der Waals surface area contributed by atoms with Crippen LogP contribution in [-0.2, 0) is 6.18 Å². The van der Waals surface area contributed by atoms with E-state index in [1.807, 2.05) is 6.07 Å². The Labute approximate surface area is 230 Å². The first-order chi connectivity index (χ1) is 19.3. The summed E-state index contributed by atoms with van der Waals surface area (Å²) in [6, 6.07) is 14.8. The van der Waals surface area contributed by atoms with Gasteiger partial charge in [-0.15, -0.1) is 10.2 Å². The quantitative estimate of drug-likeness (QED) is 0.126. The zero-order valence-corrected chi connectivity index (χ0v) is 21.5. The number of aromatic hydroxyl groups is 2. The third-order valence-electron chi connectivity index (χ3n) is 6.52. The van der Waals surface area contributed by atoms with Gasteiger partial charge in [0.2, 0.25) is 5.88 Å². The molecule has 0 unspecified atom stereocenters. The van der Waals surface area contributed by atoms with Crippen LogP contribution in [0, 0.1) is 19.7 Å². The molecule has 41 heavy (non-hydrogen) atoms. The van der Waals surface area contributed by atoms with Gasteiger partial charge in [0.05, 0.1) is 16.6 Å². The van der Waals surface area contributed by atoms with Gasteiger partial charge in [0, 0.05) is 16.5 Å². The fraction of sp³-hybridized carbons (Fsp3) is 0.100. The number of fused-ring (bicyclic) bond motifs is 1. The van der Waals surface area contributed by atoms with Crippen molar-refractivity contribution in [1.82, 2.24) is 4.98 Å². The Bertz CT molecular complexity index is 1860. The number of phenols is 1. The fourth-order valence-electron chi connectivity index (χ4n) is 4.80. The van der Waals surface area contributed by atoms with Crippen LogP contribution in [0.25, 0.3) is 33.2 Å². The molecule has 11 heteroatoms. The van der Waals surface area contributed by atoms with Gasteiger partial charge in [-0.2, -0.15) is 13.2 Å². The lowest BCUT2D eigenvalue weighted by Gasteiger charge is -2.15. The second-order valence-corrected chi connectivity index (χ2v) is 9.48. The monoisotopic (exact) mass is 563 g/mol. The molecule has 7 nitrogen and oxygen atoms in total. The molecular weight excluding hydrogens is 542 g/mol. The van der Waals surface area contributed by atoms with Gasteiger partial charge in [0.1, 0.15) is 11.5 Å². The number of aryl methyl sites for hydroxylation is 2. The Morgan fingerprint density at radius 3 is 2.24 bits per heavy atom. The zero-order valence-electron chi connectivity index (χ0n) is 21.5. The van der Waals surface area contributed by atoms with Crippen molar-refractivity contribution >= 4 is 28.2 Å². The van der Waals surface area contributed by atoms with Crippen molar-refractivity contribution in [1.29, 1.82) is 0 Å². The number of hydrogen-bond acceptors (Lipinski definition) is 5. The van der Waals surface area contributed by atoms with Gasteiger partial charge in [0.25, 0.3) is 0 Å². The molecule has 208 valence electrons. The average Bonchev–Trinajstić information content (AvgIpc) is 3.21. The molecule has 5 aromatic rings. The zero-order chi connectivity index (χ0) is 29.6. The number of carbonyl (C=O) groups is 1. The first kappa shape index (κ1) is 27.4. The van der Waals surface area contributed by atoms with Gasteiger partial charge in [-0.05, 0) is 55.3 Å². The highest BCUT2D eigenvalue weighted by Crippen LogP contribution is 2.47. The number of aromatic amines is 1. The summed E-state index contributed by atoms with van der Waals surface area (Å²) in [5, 5.41) is 38.9. The van der Waals surface area contributed by atoms with Crippen LogP contribution >= 0.6 is 0 Å². The number of nitrogens with one attached hydrogen (secondary N) is 1. The van der Waals surface area contributed by atoms with Crippen LogP contribution in [0.4, 0.5) is 28.9 Å². The van der Waals surface area contributed by atoms with E-state index in [1.54, 1.807) is 26.0 Å². The predicted molar refractivity (Wildman–Crippen MR) is 145 cm³/mol. The summed E-state index contributed by atoms with van der Waals surface area (Å²) in [6.07, 6.45) is -4.68. The van der Waals surface area contributed by atoms with Crippen LogP contribution in [0.5, 0.6) is 11.6 Å². The van der Waals surface area contributed by atoms with E-state index in [0.29, 0.717) is 5.56 Å². The fourth-order valence-corrected chi connectivity index (χ4v) is 4.80. The summed E-state index contributed by atoms with van der Waals surface area (Å²) < 4.78 is 56.0. The molecule has 0 aliphatic heterocycles. The number of hydrogen-bond donors (Lipinski definition) is 4. The molecule has 0 bridgehead atoms. The van der Waals surface area contributed by atoms with Crippen molar-refractivity contribution in [3.63, 3.8) is 0 Å². The number of para-hydroxylation sites is 1. The number of carboxylic acid groups (broad SMARTS) is 1. The van der Waals surface area contributed by atoms with E-state index in [1.165, 1.54) is 30.3 Å². The first-order valence-electron chi connectivity index (χ1n) is 12.2. The number of benzene rings is 4. The normalized spacial score (nSPS) is 12.0. The van der Waals surface area contributed by atoms with Gasteiger partial charge < -0.3 is 20.3 Å². The molecule has 4 N–H and O–H groups in total. The predicted octanol–water partition coefficient (Wildman–Crippen LogP) is 8.80. The number of phenolic OH excluding ortho intramolecular Hbond substituents is 1. The van der Waals surface area contributed by atoms with E-state index in [9.17, 15) is 37.7 Å². The topological polar surface area (TPSA) is 118 Å². The van der Waals surface area contributed by atoms with Crippen molar-refractivity contribution in [3.8, 4) is 33.9 Å². The number of aromatic carboxylic acids is 1. The van der Waals surface area contributed by atoms with Crippen molar-refractivity contribution in [2.45, 2.75) is 20.0 Å². The van der Waals surface area contributed by atoms with Gasteiger partial charge in [-0.25, -0.2) is 9.18 Å². The molecular formula is C30H21F4N3O4. The molecule has 4 aromatic carbocycles. The Morgan fingerprint density at radius 1 is 0.878 bits per heavy atom. The maximum atomic E-state index is 14.1. The van der Waals surface area contributed by atoms with E-state index < -0.39 is 40.7 Å². The first-order valence-corrected chi connectivity index (χ1v) is 12.2. The summed E-state index contributed by atoms with van der Waals surface area (Å²) in [5.74, 6) is -3.37. The molecule has 0 aliphatic rings.